The van der Waals surface area contributed by atoms with Crippen molar-refractivity contribution in [3.63, 3.8) is 0 Å². The van der Waals surface area contributed by atoms with E-state index in [0.29, 0.717) is 26.7 Å². The Morgan fingerprint density at radius 3 is 2.67 bits per heavy atom. The lowest BCUT2D eigenvalue weighted by atomic mass is 9.92. The minimum absolute atomic E-state index is 0.355. The van der Waals surface area contributed by atoms with Crippen molar-refractivity contribution in [3.05, 3.63) is 69.2 Å². The zero-order chi connectivity index (χ0) is 14.6. The zero-order valence-electron chi connectivity index (χ0n) is 11.4. The molecule has 0 spiro atoms. The summed E-state index contributed by atoms with van der Waals surface area (Å²) in [4.78, 5) is 0.355. The van der Waals surface area contributed by atoms with Crippen molar-refractivity contribution in [3.8, 4) is 0 Å². The van der Waals surface area contributed by atoms with Crippen molar-refractivity contribution >= 4 is 39.1 Å². The summed E-state index contributed by atoms with van der Waals surface area (Å²) in [6.45, 7) is 0. The van der Waals surface area contributed by atoms with Crippen molar-refractivity contribution in [2.45, 2.75) is 23.6 Å². The van der Waals surface area contributed by atoms with Gasteiger partial charge in [-0.25, -0.2) is 0 Å². The first-order valence-corrected chi connectivity index (χ1v) is 9.01. The third-order valence-corrected chi connectivity index (χ3v) is 6.87. The van der Waals surface area contributed by atoms with Gasteiger partial charge in [0, 0.05) is 4.83 Å². The maximum atomic E-state index is 6.16. The van der Waals surface area contributed by atoms with Gasteiger partial charge in [-0.15, -0.1) is 0 Å². The first-order valence-electron chi connectivity index (χ1n) is 7.33. The number of benzene rings is 2. The second-order valence-corrected chi connectivity index (χ2v) is 7.88. The van der Waals surface area contributed by atoms with Crippen LogP contribution in [0.5, 0.6) is 0 Å². The van der Waals surface area contributed by atoms with Crippen LogP contribution in [0.25, 0.3) is 0 Å². The summed E-state index contributed by atoms with van der Waals surface area (Å²) in [5.41, 5.74) is 4.33. The molecule has 3 heteroatoms. The number of alkyl halides is 1. The molecule has 0 heterocycles. The second kappa shape index (κ2) is 5.30. The molecule has 2 aliphatic carbocycles. The molecule has 0 aromatic heterocycles. The van der Waals surface area contributed by atoms with Gasteiger partial charge in [-0.3, -0.25) is 0 Å². The largest absolute Gasteiger partial charge is 0.0835 e. The van der Waals surface area contributed by atoms with E-state index in [9.17, 15) is 0 Å². The molecule has 2 aromatic rings. The highest BCUT2D eigenvalue weighted by atomic mass is 79.9. The van der Waals surface area contributed by atoms with Crippen molar-refractivity contribution in [1.29, 1.82) is 0 Å². The Labute approximate surface area is 143 Å². The second-order valence-electron chi connectivity index (χ2n) is 6.08. The molecule has 0 radical (unpaired) electrons. The molecule has 4 rings (SSSR count). The molecule has 0 nitrogen and oxygen atoms in total. The van der Waals surface area contributed by atoms with Crippen molar-refractivity contribution in [2.24, 2.45) is 11.8 Å². The Kier molecular flexibility index (Phi) is 3.56. The third kappa shape index (κ3) is 2.34. The van der Waals surface area contributed by atoms with Gasteiger partial charge in [0.25, 0.3) is 0 Å². The monoisotopic (exact) mass is 380 g/mol. The molecule has 4 unspecified atom stereocenters. The first kappa shape index (κ1) is 14.1. The highest BCUT2D eigenvalue weighted by Gasteiger charge is 2.55. The Balaban J connectivity index is 1.63. The van der Waals surface area contributed by atoms with Crippen molar-refractivity contribution in [2.75, 3.05) is 0 Å². The Morgan fingerprint density at radius 1 is 1.05 bits per heavy atom. The summed E-state index contributed by atoms with van der Waals surface area (Å²) >= 11 is 16.1. The fourth-order valence-electron chi connectivity index (χ4n) is 3.92. The molecule has 0 saturated heterocycles. The maximum absolute atomic E-state index is 6.16. The predicted octanol–water partition coefficient (Wildman–Crippen LogP) is 6.41. The summed E-state index contributed by atoms with van der Waals surface area (Å²) in [5.74, 6) is 2.18. The number of hydrogen-bond donors (Lipinski definition) is 0. The summed E-state index contributed by atoms with van der Waals surface area (Å²) in [5, 5.41) is 1.27. The molecule has 108 valence electrons. The van der Waals surface area contributed by atoms with Crippen LogP contribution in [0.4, 0.5) is 0 Å². The highest BCUT2D eigenvalue weighted by Crippen LogP contribution is 2.66. The van der Waals surface area contributed by atoms with Gasteiger partial charge >= 0.3 is 0 Å². The molecule has 0 amide bonds. The predicted molar refractivity (Wildman–Crippen MR) is 92.6 cm³/mol. The van der Waals surface area contributed by atoms with Crippen LogP contribution in [0, 0.1) is 11.8 Å². The summed E-state index contributed by atoms with van der Waals surface area (Å²) in [6, 6.07) is 14.9. The maximum Gasteiger partial charge on any atom is 0.0595 e. The lowest BCUT2D eigenvalue weighted by Crippen LogP contribution is -2.00. The van der Waals surface area contributed by atoms with E-state index < -0.39 is 0 Å². The van der Waals surface area contributed by atoms with Crippen LogP contribution in [0.1, 0.15) is 33.9 Å². The van der Waals surface area contributed by atoms with E-state index in [0.717, 1.165) is 5.92 Å². The molecule has 1 saturated carbocycles. The average molecular weight is 382 g/mol. The number of aryl methyl sites for hydroxylation is 1. The average Bonchev–Trinajstić information content (AvgIpc) is 3.24. The van der Waals surface area contributed by atoms with Gasteiger partial charge in [-0.05, 0) is 59.4 Å². The molecule has 2 aromatic carbocycles. The van der Waals surface area contributed by atoms with Gasteiger partial charge in [0.15, 0.2) is 0 Å². The third-order valence-electron chi connectivity index (χ3n) is 4.99. The number of halogens is 3. The molecule has 1 fully saturated rings. The molecule has 0 bridgehead atoms. The summed E-state index contributed by atoms with van der Waals surface area (Å²) < 4.78 is 0. The number of fused-ring (bicyclic) bond motifs is 3. The van der Waals surface area contributed by atoms with Crippen LogP contribution in [0.2, 0.25) is 10.0 Å². The van der Waals surface area contributed by atoms with E-state index in [1.54, 1.807) is 5.56 Å². The SMILES string of the molecule is Clc1ccc(C(Br)C2C3CCc4ccccc4C32)cc1Cl. The van der Waals surface area contributed by atoms with Gasteiger partial charge in [0.05, 0.1) is 10.0 Å². The van der Waals surface area contributed by atoms with Gasteiger partial charge in [0.1, 0.15) is 0 Å². The summed E-state index contributed by atoms with van der Waals surface area (Å²) in [6.07, 6.45) is 2.52. The van der Waals surface area contributed by atoms with Crippen LogP contribution >= 0.6 is 39.1 Å². The van der Waals surface area contributed by atoms with Crippen LogP contribution in [0.3, 0.4) is 0 Å². The molecule has 0 aliphatic heterocycles. The smallest absolute Gasteiger partial charge is 0.0595 e. The van der Waals surface area contributed by atoms with E-state index in [1.807, 2.05) is 12.1 Å². The fourth-order valence-corrected chi connectivity index (χ4v) is 5.24. The standard InChI is InChI=1S/C18H15BrCl2/c19-18(11-6-8-14(20)15(21)9-11)17-13-7-5-10-3-1-2-4-12(10)16(13)17/h1-4,6,8-9,13,16-18H,5,7H2. The van der Waals surface area contributed by atoms with Crippen LogP contribution < -0.4 is 0 Å². The number of rotatable bonds is 2. The number of hydrogen-bond acceptors (Lipinski definition) is 0. The van der Waals surface area contributed by atoms with Gasteiger partial charge in [-0.2, -0.15) is 0 Å². The first-order chi connectivity index (χ1) is 10.2. The van der Waals surface area contributed by atoms with E-state index in [1.165, 1.54) is 24.0 Å². The Morgan fingerprint density at radius 2 is 1.86 bits per heavy atom. The quantitative estimate of drug-likeness (QED) is 0.527. The van der Waals surface area contributed by atoms with E-state index in [4.69, 9.17) is 23.2 Å². The van der Waals surface area contributed by atoms with E-state index >= 15 is 0 Å². The van der Waals surface area contributed by atoms with Crippen molar-refractivity contribution < 1.29 is 0 Å². The molecule has 0 N–H and O–H groups in total. The molecule has 4 atom stereocenters. The minimum Gasteiger partial charge on any atom is -0.0835 e. The normalized spacial score (nSPS) is 27.7. The molecular weight excluding hydrogens is 367 g/mol. The minimum atomic E-state index is 0.355. The molecular formula is C18H15BrCl2. The van der Waals surface area contributed by atoms with Gasteiger partial charge < -0.3 is 0 Å². The van der Waals surface area contributed by atoms with Crippen LogP contribution in [-0.4, -0.2) is 0 Å². The fraction of sp³-hybridized carbons (Fsp3) is 0.333. The van der Waals surface area contributed by atoms with Gasteiger partial charge in [-0.1, -0.05) is 69.5 Å². The topological polar surface area (TPSA) is 0 Å². The summed E-state index contributed by atoms with van der Waals surface area (Å²) in [7, 11) is 0. The Hall–Kier alpha value is -0.500. The van der Waals surface area contributed by atoms with Crippen molar-refractivity contribution in [1.82, 2.24) is 0 Å². The molecule has 21 heavy (non-hydrogen) atoms. The van der Waals surface area contributed by atoms with Crippen LogP contribution in [0.15, 0.2) is 42.5 Å². The van der Waals surface area contributed by atoms with E-state index in [-0.39, 0.29) is 0 Å². The lowest BCUT2D eigenvalue weighted by Gasteiger charge is -2.13. The lowest BCUT2D eigenvalue weighted by molar-refractivity contribution is 0.627. The van der Waals surface area contributed by atoms with Crippen LogP contribution in [-0.2, 0) is 6.42 Å². The van der Waals surface area contributed by atoms with Gasteiger partial charge in [0.2, 0.25) is 0 Å². The highest BCUT2D eigenvalue weighted by molar-refractivity contribution is 9.09. The zero-order valence-corrected chi connectivity index (χ0v) is 14.5. The molecule has 2 aliphatic rings. The Bertz CT molecular complexity index is 697. The van der Waals surface area contributed by atoms with E-state index in [2.05, 4.69) is 46.3 Å².